The summed E-state index contributed by atoms with van der Waals surface area (Å²) in [5.74, 6) is -0.0508. The van der Waals surface area contributed by atoms with Crippen molar-refractivity contribution in [2.45, 2.75) is 19.4 Å². The summed E-state index contributed by atoms with van der Waals surface area (Å²) in [6, 6.07) is 9.27. The highest BCUT2D eigenvalue weighted by molar-refractivity contribution is 6.30. The molecule has 1 aliphatic heterocycles. The monoisotopic (exact) mass is 470 g/mol. The van der Waals surface area contributed by atoms with Crippen LogP contribution in [0.25, 0.3) is 16.9 Å². The topological polar surface area (TPSA) is 76.4 Å². The van der Waals surface area contributed by atoms with Gasteiger partial charge in [0.05, 0.1) is 37.8 Å². The van der Waals surface area contributed by atoms with Crippen LogP contribution in [0.4, 0.5) is 4.79 Å². The summed E-state index contributed by atoms with van der Waals surface area (Å²) >= 11 is 6.23. The number of nitrogens with zero attached hydrogens (tertiary/aromatic N) is 4. The molecule has 9 heteroatoms. The van der Waals surface area contributed by atoms with E-state index in [0.717, 1.165) is 28.2 Å². The highest BCUT2D eigenvalue weighted by Gasteiger charge is 2.28. The fourth-order valence-corrected chi connectivity index (χ4v) is 4.31. The Hall–Kier alpha value is -3.10. The van der Waals surface area contributed by atoms with Gasteiger partial charge in [0.1, 0.15) is 5.65 Å². The van der Waals surface area contributed by atoms with Gasteiger partial charge in [-0.05, 0) is 30.7 Å². The van der Waals surface area contributed by atoms with Gasteiger partial charge in [0.2, 0.25) is 0 Å². The number of rotatable bonds is 4. The lowest BCUT2D eigenvalue weighted by Crippen LogP contribution is -2.46. The fraction of sp³-hybridized carbons (Fsp3) is 0.375. The standard InChI is InChI=1S/C24H27ClN4O4/c1-15-11-16(23(30)27(2)3)5-6-19(15)22-20(29-8-7-17(25)12-21(29)26-22)13-18-14-28(9-10-33-18)24(31)32-4/h5-8,11-12,18H,9-10,13-14H2,1-4H3/t18-/m0/s1. The van der Waals surface area contributed by atoms with Crippen LogP contribution in [0.5, 0.6) is 0 Å². The molecule has 2 aromatic heterocycles. The molecule has 0 aliphatic carbocycles. The number of fused-ring (bicyclic) bond motifs is 1. The maximum absolute atomic E-state index is 12.4. The molecule has 4 rings (SSSR count). The number of carbonyl (C=O) groups excluding carboxylic acids is 2. The molecular formula is C24H27ClN4O4. The van der Waals surface area contributed by atoms with E-state index in [1.807, 2.05) is 47.9 Å². The van der Waals surface area contributed by atoms with Gasteiger partial charge in [-0.25, -0.2) is 9.78 Å². The van der Waals surface area contributed by atoms with E-state index >= 15 is 0 Å². The number of hydrogen-bond donors (Lipinski definition) is 0. The van der Waals surface area contributed by atoms with Crippen molar-refractivity contribution in [3.8, 4) is 11.3 Å². The predicted molar refractivity (Wildman–Crippen MR) is 126 cm³/mol. The third kappa shape index (κ3) is 4.67. The lowest BCUT2D eigenvalue weighted by molar-refractivity contribution is -0.0241. The van der Waals surface area contributed by atoms with Crippen LogP contribution in [0.1, 0.15) is 21.6 Å². The number of halogens is 1. The van der Waals surface area contributed by atoms with Crippen LogP contribution in [-0.2, 0) is 15.9 Å². The summed E-state index contributed by atoms with van der Waals surface area (Å²) in [6.45, 7) is 3.35. The lowest BCUT2D eigenvalue weighted by atomic mass is 9.99. The highest BCUT2D eigenvalue weighted by atomic mass is 35.5. The molecule has 0 saturated carbocycles. The van der Waals surface area contributed by atoms with Crippen LogP contribution in [0.15, 0.2) is 36.5 Å². The van der Waals surface area contributed by atoms with Gasteiger partial charge in [-0.1, -0.05) is 17.7 Å². The summed E-state index contributed by atoms with van der Waals surface area (Å²) < 4.78 is 12.9. The molecule has 0 unspecified atom stereocenters. The Bertz CT molecular complexity index is 1210. The summed E-state index contributed by atoms with van der Waals surface area (Å²) in [7, 11) is 4.85. The molecule has 0 N–H and O–H groups in total. The van der Waals surface area contributed by atoms with Crippen molar-refractivity contribution in [1.29, 1.82) is 0 Å². The zero-order valence-electron chi connectivity index (χ0n) is 19.2. The number of methoxy groups -OCH3 is 1. The first-order chi connectivity index (χ1) is 15.8. The average molecular weight is 471 g/mol. The normalized spacial score (nSPS) is 16.2. The van der Waals surface area contributed by atoms with E-state index in [-0.39, 0.29) is 18.1 Å². The van der Waals surface area contributed by atoms with Gasteiger partial charge in [-0.15, -0.1) is 0 Å². The molecule has 3 aromatic rings. The van der Waals surface area contributed by atoms with Gasteiger partial charge in [-0.2, -0.15) is 0 Å². The van der Waals surface area contributed by atoms with Crippen LogP contribution in [0, 0.1) is 6.92 Å². The van der Waals surface area contributed by atoms with Crippen LogP contribution in [0.3, 0.4) is 0 Å². The van der Waals surface area contributed by atoms with E-state index < -0.39 is 0 Å². The second-order valence-corrected chi connectivity index (χ2v) is 8.76. The lowest BCUT2D eigenvalue weighted by Gasteiger charge is -2.32. The second kappa shape index (κ2) is 9.41. The zero-order chi connectivity index (χ0) is 23.7. The molecule has 8 nitrogen and oxygen atoms in total. The number of imidazole rings is 1. The molecule has 2 amide bonds. The van der Waals surface area contributed by atoms with E-state index in [2.05, 4.69) is 0 Å². The first-order valence-electron chi connectivity index (χ1n) is 10.7. The molecule has 174 valence electrons. The minimum absolute atomic E-state index is 0.0508. The summed E-state index contributed by atoms with van der Waals surface area (Å²) in [5.41, 5.74) is 4.98. The molecular weight excluding hydrogens is 444 g/mol. The molecule has 3 heterocycles. The van der Waals surface area contributed by atoms with Crippen molar-refractivity contribution in [2.24, 2.45) is 0 Å². The molecule has 1 fully saturated rings. The second-order valence-electron chi connectivity index (χ2n) is 8.32. The Labute approximate surface area is 197 Å². The van der Waals surface area contributed by atoms with Crippen molar-refractivity contribution in [2.75, 3.05) is 40.9 Å². The van der Waals surface area contributed by atoms with E-state index in [0.29, 0.717) is 36.7 Å². The molecule has 1 aliphatic rings. The number of benzene rings is 1. The van der Waals surface area contributed by atoms with Crippen molar-refractivity contribution in [3.63, 3.8) is 0 Å². The Morgan fingerprint density at radius 1 is 1.27 bits per heavy atom. The Morgan fingerprint density at radius 2 is 2.06 bits per heavy atom. The summed E-state index contributed by atoms with van der Waals surface area (Å²) in [6.07, 6.45) is 1.88. The predicted octanol–water partition coefficient (Wildman–Crippen LogP) is 3.67. The van der Waals surface area contributed by atoms with Crippen LogP contribution < -0.4 is 0 Å². The molecule has 1 saturated heterocycles. The van der Waals surface area contributed by atoms with Gasteiger partial charge >= 0.3 is 6.09 Å². The van der Waals surface area contributed by atoms with Crippen molar-refractivity contribution < 1.29 is 19.1 Å². The average Bonchev–Trinajstić information content (AvgIpc) is 3.14. The molecule has 33 heavy (non-hydrogen) atoms. The van der Waals surface area contributed by atoms with Crippen molar-refractivity contribution >= 4 is 29.2 Å². The number of aromatic nitrogens is 2. The van der Waals surface area contributed by atoms with Crippen molar-refractivity contribution in [1.82, 2.24) is 19.2 Å². The van der Waals surface area contributed by atoms with Gasteiger partial charge in [0, 0.05) is 55.5 Å². The Morgan fingerprint density at radius 3 is 2.76 bits per heavy atom. The molecule has 0 radical (unpaired) electrons. The number of hydrogen-bond acceptors (Lipinski definition) is 5. The minimum Gasteiger partial charge on any atom is -0.453 e. The first kappa shape index (κ1) is 23.1. The smallest absolute Gasteiger partial charge is 0.409 e. The van der Waals surface area contributed by atoms with Gasteiger partial charge in [-0.3, -0.25) is 4.79 Å². The molecule has 0 bridgehead atoms. The first-order valence-corrected chi connectivity index (χ1v) is 11.1. The van der Waals surface area contributed by atoms with Crippen LogP contribution in [-0.4, -0.2) is 78.2 Å². The van der Waals surface area contributed by atoms with Gasteiger partial charge in [0.25, 0.3) is 5.91 Å². The highest BCUT2D eigenvalue weighted by Crippen LogP contribution is 2.31. The maximum atomic E-state index is 12.4. The zero-order valence-corrected chi connectivity index (χ0v) is 19.9. The number of amides is 2. The maximum Gasteiger partial charge on any atom is 0.409 e. The number of aryl methyl sites for hydroxylation is 1. The Balaban J connectivity index is 1.74. The number of ether oxygens (including phenoxy) is 2. The third-order valence-electron chi connectivity index (χ3n) is 5.81. The minimum atomic E-state index is -0.356. The Kier molecular flexibility index (Phi) is 6.58. The number of pyridine rings is 1. The van der Waals surface area contributed by atoms with Gasteiger partial charge < -0.3 is 23.7 Å². The summed E-state index contributed by atoms with van der Waals surface area (Å²) in [4.78, 5) is 32.5. The van der Waals surface area contributed by atoms with E-state index in [9.17, 15) is 9.59 Å². The van der Waals surface area contributed by atoms with Crippen LogP contribution >= 0.6 is 11.6 Å². The summed E-state index contributed by atoms with van der Waals surface area (Å²) in [5, 5.41) is 0.597. The van der Waals surface area contributed by atoms with Crippen LogP contribution in [0.2, 0.25) is 5.02 Å². The fourth-order valence-electron chi connectivity index (χ4n) is 4.16. The van der Waals surface area contributed by atoms with E-state index in [1.165, 1.54) is 7.11 Å². The SMILES string of the molecule is COC(=O)N1CCO[C@@H](Cc2c(-c3ccc(C(=O)N(C)C)cc3C)nc3cc(Cl)ccn23)C1. The molecule has 1 aromatic carbocycles. The number of morpholine rings is 1. The molecule has 1 atom stereocenters. The quantitative estimate of drug-likeness (QED) is 0.581. The van der Waals surface area contributed by atoms with Crippen molar-refractivity contribution in [3.05, 3.63) is 58.4 Å². The largest absolute Gasteiger partial charge is 0.453 e. The van der Waals surface area contributed by atoms with Gasteiger partial charge in [0.15, 0.2) is 0 Å². The molecule has 0 spiro atoms. The number of carbonyl (C=O) groups is 2. The van der Waals surface area contributed by atoms with E-state index in [4.69, 9.17) is 26.1 Å². The third-order valence-corrected chi connectivity index (χ3v) is 6.05. The van der Waals surface area contributed by atoms with E-state index in [1.54, 1.807) is 23.9 Å².